The number of halogens is 1. The molecule has 39 heavy (non-hydrogen) atoms. The quantitative estimate of drug-likeness (QED) is 0.205. The highest BCUT2D eigenvalue weighted by atomic mass is 79.9. The third-order valence-corrected chi connectivity index (χ3v) is 7.94. The van der Waals surface area contributed by atoms with Gasteiger partial charge in [0, 0.05) is 33.2 Å². The first kappa shape index (κ1) is 26.4. The molecule has 0 aliphatic carbocycles. The van der Waals surface area contributed by atoms with Crippen LogP contribution in [0.2, 0.25) is 0 Å². The van der Waals surface area contributed by atoms with Crippen LogP contribution in [0.4, 0.5) is 0 Å². The molecule has 5 nitrogen and oxygen atoms in total. The van der Waals surface area contributed by atoms with Gasteiger partial charge >= 0.3 is 5.97 Å². The first-order valence-corrected chi connectivity index (χ1v) is 13.6. The second kappa shape index (κ2) is 10.9. The van der Waals surface area contributed by atoms with E-state index in [1.54, 1.807) is 12.1 Å². The molecule has 1 atom stereocenters. The molecular formula is C33H29BrN2O3. The maximum atomic E-state index is 13.1. The van der Waals surface area contributed by atoms with E-state index >= 15 is 0 Å². The van der Waals surface area contributed by atoms with Crippen LogP contribution in [-0.2, 0) is 6.54 Å². The van der Waals surface area contributed by atoms with Crippen molar-refractivity contribution in [1.82, 2.24) is 9.88 Å². The Labute approximate surface area is 236 Å². The molecule has 0 radical (unpaired) electrons. The largest absolute Gasteiger partial charge is 0.478 e. The lowest BCUT2D eigenvalue weighted by molar-refractivity contribution is 0.0696. The predicted octanol–water partition coefficient (Wildman–Crippen LogP) is 7.93. The monoisotopic (exact) mass is 580 g/mol. The zero-order valence-corrected chi connectivity index (χ0v) is 23.6. The second-order valence-electron chi connectivity index (χ2n) is 9.81. The maximum absolute atomic E-state index is 13.1. The zero-order valence-electron chi connectivity index (χ0n) is 22.0. The van der Waals surface area contributed by atoms with Gasteiger partial charge in [0.2, 0.25) is 0 Å². The number of benzene rings is 4. The fourth-order valence-electron chi connectivity index (χ4n) is 5.01. The number of aromatic carboxylic acids is 1. The molecule has 0 bridgehead atoms. The number of carboxylic acid groups (broad SMARTS) is 1. The summed E-state index contributed by atoms with van der Waals surface area (Å²) in [7, 11) is 0. The summed E-state index contributed by atoms with van der Waals surface area (Å²) in [6.45, 7) is 6.84. The van der Waals surface area contributed by atoms with Crippen molar-refractivity contribution >= 4 is 38.7 Å². The van der Waals surface area contributed by atoms with Crippen LogP contribution >= 0.6 is 15.9 Å². The van der Waals surface area contributed by atoms with Gasteiger partial charge < -0.3 is 15.0 Å². The molecule has 0 aliphatic rings. The van der Waals surface area contributed by atoms with Crippen molar-refractivity contribution in [3.63, 3.8) is 0 Å². The van der Waals surface area contributed by atoms with E-state index in [0.717, 1.165) is 48.9 Å². The van der Waals surface area contributed by atoms with E-state index in [0.29, 0.717) is 12.1 Å². The number of hydrogen-bond donors (Lipinski definition) is 2. The highest BCUT2D eigenvalue weighted by Gasteiger charge is 2.17. The Hall–Kier alpha value is -4.16. The van der Waals surface area contributed by atoms with Gasteiger partial charge in [0.1, 0.15) is 0 Å². The Balaban J connectivity index is 1.44. The second-order valence-corrected chi connectivity index (χ2v) is 10.7. The van der Waals surface area contributed by atoms with Crippen molar-refractivity contribution in [2.45, 2.75) is 33.4 Å². The van der Waals surface area contributed by atoms with Crippen molar-refractivity contribution in [1.29, 1.82) is 0 Å². The first-order valence-electron chi connectivity index (χ1n) is 12.8. The molecule has 1 amide bonds. The van der Waals surface area contributed by atoms with E-state index in [4.69, 9.17) is 0 Å². The fourth-order valence-corrected chi connectivity index (χ4v) is 5.28. The lowest BCUT2D eigenvalue weighted by Crippen LogP contribution is -2.26. The molecule has 0 fully saturated rings. The molecule has 1 heterocycles. The third kappa shape index (κ3) is 5.38. The number of aryl methyl sites for hydroxylation is 1. The van der Waals surface area contributed by atoms with E-state index in [2.05, 4.69) is 51.8 Å². The van der Waals surface area contributed by atoms with Crippen LogP contribution in [0.25, 0.3) is 22.0 Å². The highest BCUT2D eigenvalue weighted by Crippen LogP contribution is 2.30. The van der Waals surface area contributed by atoms with Gasteiger partial charge in [-0.05, 0) is 91.1 Å². The number of rotatable bonds is 7. The van der Waals surface area contributed by atoms with Crippen molar-refractivity contribution < 1.29 is 14.7 Å². The molecule has 196 valence electrons. The predicted molar refractivity (Wildman–Crippen MR) is 159 cm³/mol. The SMILES string of the molecule is Cc1c(C)n(Cc2ccccc2-c2ccc(C(=O)O)cc2)c2ccc(C(=O)N[C@@H](C)c3ccc(Br)cc3)cc12. The molecule has 2 N–H and O–H groups in total. The average molecular weight is 582 g/mol. The van der Waals surface area contributed by atoms with Gasteiger partial charge in [0.15, 0.2) is 0 Å². The Morgan fingerprint density at radius 1 is 0.897 bits per heavy atom. The molecular weight excluding hydrogens is 552 g/mol. The topological polar surface area (TPSA) is 71.3 Å². The van der Waals surface area contributed by atoms with Gasteiger partial charge in [0.05, 0.1) is 11.6 Å². The Bertz CT molecular complexity index is 1690. The van der Waals surface area contributed by atoms with Crippen LogP contribution in [0.1, 0.15) is 56.1 Å². The van der Waals surface area contributed by atoms with Crippen LogP contribution in [0.15, 0.2) is 95.5 Å². The highest BCUT2D eigenvalue weighted by molar-refractivity contribution is 9.10. The number of nitrogens with one attached hydrogen (secondary N) is 1. The van der Waals surface area contributed by atoms with Gasteiger partial charge in [-0.15, -0.1) is 0 Å². The van der Waals surface area contributed by atoms with E-state index in [-0.39, 0.29) is 17.5 Å². The van der Waals surface area contributed by atoms with Crippen LogP contribution in [0.3, 0.4) is 0 Å². The van der Waals surface area contributed by atoms with Gasteiger partial charge in [-0.1, -0.05) is 64.5 Å². The lowest BCUT2D eigenvalue weighted by atomic mass is 9.98. The van der Waals surface area contributed by atoms with E-state index < -0.39 is 5.97 Å². The molecule has 5 rings (SSSR count). The van der Waals surface area contributed by atoms with Crippen LogP contribution in [0.5, 0.6) is 0 Å². The third-order valence-electron chi connectivity index (χ3n) is 7.41. The van der Waals surface area contributed by atoms with Crippen molar-refractivity contribution in [2.24, 2.45) is 0 Å². The molecule has 0 saturated heterocycles. The van der Waals surface area contributed by atoms with E-state index in [9.17, 15) is 14.7 Å². The minimum Gasteiger partial charge on any atom is -0.478 e. The van der Waals surface area contributed by atoms with Gasteiger partial charge in [-0.25, -0.2) is 4.79 Å². The van der Waals surface area contributed by atoms with Crippen molar-refractivity contribution in [3.05, 3.63) is 129 Å². The Kier molecular flexibility index (Phi) is 7.40. The number of carbonyl (C=O) groups is 2. The lowest BCUT2D eigenvalue weighted by Gasteiger charge is -2.15. The number of fused-ring (bicyclic) bond motifs is 1. The van der Waals surface area contributed by atoms with Crippen molar-refractivity contribution in [2.75, 3.05) is 0 Å². The minimum atomic E-state index is -0.935. The van der Waals surface area contributed by atoms with Crippen LogP contribution < -0.4 is 5.32 Å². The molecule has 5 aromatic rings. The summed E-state index contributed by atoms with van der Waals surface area (Å²) in [5.41, 5.74) is 8.46. The first-order chi connectivity index (χ1) is 18.7. The summed E-state index contributed by atoms with van der Waals surface area (Å²) in [6.07, 6.45) is 0. The van der Waals surface area contributed by atoms with E-state index in [1.807, 2.05) is 73.7 Å². The number of carboxylic acids is 1. The van der Waals surface area contributed by atoms with Crippen LogP contribution in [0, 0.1) is 13.8 Å². The van der Waals surface area contributed by atoms with Gasteiger partial charge in [-0.2, -0.15) is 0 Å². The number of nitrogens with zero attached hydrogens (tertiary/aromatic N) is 1. The van der Waals surface area contributed by atoms with Gasteiger partial charge in [0.25, 0.3) is 5.91 Å². The maximum Gasteiger partial charge on any atom is 0.335 e. The van der Waals surface area contributed by atoms with E-state index in [1.165, 1.54) is 0 Å². The average Bonchev–Trinajstić information content (AvgIpc) is 3.18. The normalized spacial score (nSPS) is 11.9. The summed E-state index contributed by atoms with van der Waals surface area (Å²) >= 11 is 3.45. The summed E-state index contributed by atoms with van der Waals surface area (Å²) in [5.74, 6) is -1.04. The van der Waals surface area contributed by atoms with Crippen LogP contribution in [-0.4, -0.2) is 21.6 Å². The summed E-state index contributed by atoms with van der Waals surface area (Å²) in [4.78, 5) is 24.4. The number of hydrogen-bond acceptors (Lipinski definition) is 2. The number of aromatic nitrogens is 1. The molecule has 0 unspecified atom stereocenters. The summed E-state index contributed by atoms with van der Waals surface area (Å²) in [5, 5.41) is 13.4. The molecule has 0 spiro atoms. The minimum absolute atomic E-state index is 0.104. The Morgan fingerprint density at radius 2 is 1.56 bits per heavy atom. The number of amides is 1. The standard InChI is InChI=1S/C33H29BrN2O3/c1-20-22(3)36(19-27-6-4-5-7-29(27)24-8-10-25(11-9-24)33(38)39)31-17-14-26(18-30(20)31)32(37)35-21(2)23-12-15-28(34)16-13-23/h4-18,21H,19H2,1-3H3,(H,35,37)(H,38,39)/t21-/m0/s1. The van der Waals surface area contributed by atoms with Gasteiger partial charge in [-0.3, -0.25) is 4.79 Å². The zero-order chi connectivity index (χ0) is 27.7. The summed E-state index contributed by atoms with van der Waals surface area (Å²) in [6, 6.07) is 28.9. The molecule has 0 saturated carbocycles. The molecule has 1 aromatic heterocycles. The Morgan fingerprint density at radius 3 is 2.26 bits per heavy atom. The summed E-state index contributed by atoms with van der Waals surface area (Å²) < 4.78 is 3.28. The smallest absolute Gasteiger partial charge is 0.335 e. The van der Waals surface area contributed by atoms with Crippen molar-refractivity contribution in [3.8, 4) is 11.1 Å². The molecule has 6 heteroatoms. The fraction of sp³-hybridized carbons (Fsp3) is 0.152. The molecule has 4 aromatic carbocycles. The number of carbonyl (C=O) groups excluding carboxylic acids is 1. The molecule has 0 aliphatic heterocycles.